The zero-order chi connectivity index (χ0) is 13.8. The number of nitrogens with zero attached hydrogens (tertiary/aromatic N) is 2. The Kier molecular flexibility index (Phi) is 4.93. The van der Waals surface area contributed by atoms with Crippen LogP contribution in [0, 0.1) is 0 Å². The fourth-order valence-electron chi connectivity index (χ4n) is 1.62. The Morgan fingerprint density at radius 3 is 2.53 bits per heavy atom. The van der Waals surface area contributed by atoms with E-state index in [9.17, 15) is 5.11 Å². The molecule has 0 radical (unpaired) electrons. The molecule has 0 aliphatic rings. The summed E-state index contributed by atoms with van der Waals surface area (Å²) in [6.45, 7) is 0.698. The lowest BCUT2D eigenvalue weighted by Gasteiger charge is -2.15. The molecule has 0 aliphatic heterocycles. The molecule has 0 amide bonds. The Labute approximate surface area is 125 Å². The third-order valence-electron chi connectivity index (χ3n) is 2.48. The molecule has 0 saturated carbocycles. The van der Waals surface area contributed by atoms with Gasteiger partial charge < -0.3 is 10.4 Å². The smallest absolute Gasteiger partial charge is 0.0907 e. The van der Waals surface area contributed by atoms with Gasteiger partial charge in [0.25, 0.3) is 0 Å². The van der Waals surface area contributed by atoms with Crippen LogP contribution in [0.4, 0.5) is 5.69 Å². The molecule has 1 heterocycles. The second kappa shape index (κ2) is 6.48. The molecule has 2 rings (SSSR count). The molecular weight excluding hydrogens is 309 g/mol. The maximum atomic E-state index is 9.88. The number of hydrogen-bond donors (Lipinski definition) is 2. The molecule has 19 heavy (non-hydrogen) atoms. The van der Waals surface area contributed by atoms with Gasteiger partial charge in [0.2, 0.25) is 0 Å². The van der Waals surface area contributed by atoms with E-state index in [-0.39, 0.29) is 0 Å². The topological polar surface area (TPSA) is 50.1 Å². The molecule has 0 spiro atoms. The third kappa shape index (κ3) is 4.01. The number of rotatable bonds is 5. The second-order valence-electron chi connectivity index (χ2n) is 4.01. The summed E-state index contributed by atoms with van der Waals surface area (Å²) in [6, 6.07) is 4.99. The average Bonchev–Trinajstić information content (AvgIpc) is 2.80. The molecule has 1 aromatic carbocycles. The highest BCUT2D eigenvalue weighted by molar-refractivity contribution is 6.41. The zero-order valence-corrected chi connectivity index (χ0v) is 12.1. The highest BCUT2D eigenvalue weighted by Crippen LogP contribution is 2.33. The van der Waals surface area contributed by atoms with Crippen LogP contribution < -0.4 is 5.32 Å². The Balaban J connectivity index is 1.95. The van der Waals surface area contributed by atoms with E-state index in [4.69, 9.17) is 34.8 Å². The van der Waals surface area contributed by atoms with Crippen LogP contribution in [0.1, 0.15) is 0 Å². The van der Waals surface area contributed by atoms with Crippen LogP contribution in [-0.2, 0) is 6.54 Å². The van der Waals surface area contributed by atoms with Crippen molar-refractivity contribution in [3.63, 3.8) is 0 Å². The number of halogens is 3. The Bertz CT molecular complexity index is 522. The van der Waals surface area contributed by atoms with Crippen molar-refractivity contribution in [1.82, 2.24) is 9.78 Å². The van der Waals surface area contributed by atoms with Gasteiger partial charge in [-0.05, 0) is 18.2 Å². The molecule has 1 aromatic heterocycles. The molecule has 1 unspecified atom stereocenters. The summed E-state index contributed by atoms with van der Waals surface area (Å²) in [7, 11) is 0. The highest BCUT2D eigenvalue weighted by atomic mass is 35.5. The molecule has 0 aliphatic carbocycles. The van der Waals surface area contributed by atoms with E-state index in [1.807, 2.05) is 0 Å². The van der Waals surface area contributed by atoms with E-state index in [0.29, 0.717) is 33.8 Å². The maximum absolute atomic E-state index is 9.88. The quantitative estimate of drug-likeness (QED) is 0.888. The third-order valence-corrected chi connectivity index (χ3v) is 3.29. The number of hydrogen-bond acceptors (Lipinski definition) is 3. The number of aromatic nitrogens is 2. The first-order valence-electron chi connectivity index (χ1n) is 5.60. The van der Waals surface area contributed by atoms with Gasteiger partial charge in [-0.15, -0.1) is 0 Å². The van der Waals surface area contributed by atoms with Crippen LogP contribution in [0.3, 0.4) is 0 Å². The first kappa shape index (κ1) is 14.5. The first-order chi connectivity index (χ1) is 9.06. The van der Waals surface area contributed by atoms with E-state index >= 15 is 0 Å². The lowest BCUT2D eigenvalue weighted by Crippen LogP contribution is -2.25. The van der Waals surface area contributed by atoms with Crippen LogP contribution in [-0.4, -0.2) is 27.5 Å². The van der Waals surface area contributed by atoms with Crippen molar-refractivity contribution in [3.8, 4) is 0 Å². The van der Waals surface area contributed by atoms with Crippen molar-refractivity contribution in [2.75, 3.05) is 11.9 Å². The van der Waals surface area contributed by atoms with Gasteiger partial charge in [-0.2, -0.15) is 5.10 Å². The zero-order valence-electron chi connectivity index (χ0n) is 9.85. The normalized spacial score (nSPS) is 12.4. The van der Waals surface area contributed by atoms with Gasteiger partial charge in [-0.3, -0.25) is 4.68 Å². The lowest BCUT2D eigenvalue weighted by atomic mass is 10.3. The van der Waals surface area contributed by atoms with E-state index in [0.717, 1.165) is 0 Å². The number of aliphatic hydroxyl groups excluding tert-OH is 1. The molecular formula is C12H12Cl3N3O. The molecule has 7 heteroatoms. The fraction of sp³-hybridized carbons (Fsp3) is 0.250. The van der Waals surface area contributed by atoms with Crippen molar-refractivity contribution in [1.29, 1.82) is 0 Å². The predicted molar refractivity (Wildman–Crippen MR) is 78.2 cm³/mol. The van der Waals surface area contributed by atoms with E-state index in [2.05, 4.69) is 10.4 Å². The number of nitrogens with one attached hydrogen (secondary N) is 1. The van der Waals surface area contributed by atoms with Crippen LogP contribution >= 0.6 is 34.8 Å². The number of benzene rings is 1. The molecule has 2 aromatic rings. The minimum Gasteiger partial charge on any atom is -0.389 e. The van der Waals surface area contributed by atoms with Crippen LogP contribution in [0.25, 0.3) is 0 Å². The van der Waals surface area contributed by atoms with Gasteiger partial charge in [-0.25, -0.2) is 0 Å². The van der Waals surface area contributed by atoms with Gasteiger partial charge >= 0.3 is 0 Å². The molecule has 4 nitrogen and oxygen atoms in total. The Hall–Kier alpha value is -0.940. The lowest BCUT2D eigenvalue weighted by molar-refractivity contribution is 0.161. The molecule has 102 valence electrons. The van der Waals surface area contributed by atoms with E-state index in [1.165, 1.54) is 0 Å². The van der Waals surface area contributed by atoms with Gasteiger partial charge in [0.1, 0.15) is 0 Å². The van der Waals surface area contributed by atoms with Gasteiger partial charge in [-0.1, -0.05) is 34.8 Å². The van der Waals surface area contributed by atoms with Crippen molar-refractivity contribution in [3.05, 3.63) is 45.7 Å². The minimum absolute atomic E-state index is 0.306. The molecule has 2 N–H and O–H groups in total. The molecule has 1 atom stereocenters. The summed E-state index contributed by atoms with van der Waals surface area (Å²) >= 11 is 17.9. The van der Waals surface area contributed by atoms with Gasteiger partial charge in [0, 0.05) is 24.0 Å². The maximum Gasteiger partial charge on any atom is 0.0907 e. The summed E-state index contributed by atoms with van der Waals surface area (Å²) in [4.78, 5) is 0. The summed E-state index contributed by atoms with van der Waals surface area (Å²) in [5.41, 5.74) is 0.562. The number of anilines is 1. The monoisotopic (exact) mass is 319 g/mol. The predicted octanol–water partition coefficient (Wildman–Crippen LogP) is 3.32. The number of aliphatic hydroxyl groups is 1. The summed E-state index contributed by atoms with van der Waals surface area (Å²) < 4.78 is 1.65. The van der Waals surface area contributed by atoms with Crippen molar-refractivity contribution in [2.45, 2.75) is 12.6 Å². The molecule has 0 fully saturated rings. The van der Waals surface area contributed by atoms with Crippen LogP contribution in [0.15, 0.2) is 30.6 Å². The van der Waals surface area contributed by atoms with Gasteiger partial charge in [0.15, 0.2) is 0 Å². The Morgan fingerprint density at radius 1 is 1.26 bits per heavy atom. The molecule has 0 saturated heterocycles. The van der Waals surface area contributed by atoms with Crippen LogP contribution in [0.5, 0.6) is 0 Å². The van der Waals surface area contributed by atoms with Crippen LogP contribution in [0.2, 0.25) is 15.1 Å². The first-order valence-corrected chi connectivity index (χ1v) is 6.73. The van der Waals surface area contributed by atoms with E-state index < -0.39 is 6.10 Å². The average molecular weight is 321 g/mol. The van der Waals surface area contributed by atoms with Gasteiger partial charge in [0.05, 0.1) is 28.4 Å². The molecule has 0 bridgehead atoms. The van der Waals surface area contributed by atoms with E-state index in [1.54, 1.807) is 35.3 Å². The van der Waals surface area contributed by atoms with Crippen molar-refractivity contribution in [2.24, 2.45) is 0 Å². The Morgan fingerprint density at radius 2 is 1.95 bits per heavy atom. The standard InChI is InChI=1S/C12H12Cl3N3O/c13-8-4-10(14)12(11(15)5-8)16-6-9(19)7-18-3-1-2-17-18/h1-5,9,16,19H,6-7H2. The fourth-order valence-corrected chi connectivity index (χ4v) is 2.57. The van der Waals surface area contributed by atoms with Crippen molar-refractivity contribution >= 4 is 40.5 Å². The van der Waals surface area contributed by atoms with Crippen molar-refractivity contribution < 1.29 is 5.11 Å². The highest BCUT2D eigenvalue weighted by Gasteiger charge is 2.10. The summed E-state index contributed by atoms with van der Waals surface area (Å²) in [5, 5.41) is 18.2. The minimum atomic E-state index is -0.609. The second-order valence-corrected chi connectivity index (χ2v) is 5.26. The summed E-state index contributed by atoms with van der Waals surface area (Å²) in [5.74, 6) is 0. The largest absolute Gasteiger partial charge is 0.389 e. The summed E-state index contributed by atoms with van der Waals surface area (Å²) in [6.07, 6.45) is 2.83. The SMILES string of the molecule is OC(CNc1c(Cl)cc(Cl)cc1Cl)Cn1cccn1.